The van der Waals surface area contributed by atoms with Crippen molar-refractivity contribution in [3.05, 3.63) is 30.1 Å². The van der Waals surface area contributed by atoms with Gasteiger partial charge in [-0.1, -0.05) is 19.1 Å². The molecule has 1 fully saturated rings. The van der Waals surface area contributed by atoms with Gasteiger partial charge in [0.05, 0.1) is 6.10 Å². The maximum Gasteiger partial charge on any atom is 0.165 e. The van der Waals surface area contributed by atoms with Gasteiger partial charge in [-0.3, -0.25) is 0 Å². The molecule has 0 N–H and O–H groups in total. The number of rotatable bonds is 2. The molecule has 1 aliphatic carbocycles. The molecule has 0 saturated heterocycles. The fourth-order valence-corrected chi connectivity index (χ4v) is 1.64. The van der Waals surface area contributed by atoms with Gasteiger partial charge in [0.15, 0.2) is 11.6 Å². The van der Waals surface area contributed by atoms with Crippen LogP contribution in [-0.2, 0) is 0 Å². The van der Waals surface area contributed by atoms with Crippen molar-refractivity contribution in [2.45, 2.75) is 25.9 Å². The number of ether oxygens (including phenoxy) is 1. The van der Waals surface area contributed by atoms with Crippen molar-refractivity contribution in [1.82, 2.24) is 0 Å². The van der Waals surface area contributed by atoms with Crippen molar-refractivity contribution in [3.8, 4) is 5.75 Å². The third kappa shape index (κ3) is 1.82. The lowest BCUT2D eigenvalue weighted by Crippen LogP contribution is -2.32. The molecular formula is C11H13FO. The second-order valence-corrected chi connectivity index (χ2v) is 3.75. The van der Waals surface area contributed by atoms with Gasteiger partial charge in [0, 0.05) is 0 Å². The van der Waals surface area contributed by atoms with Gasteiger partial charge >= 0.3 is 0 Å². The smallest absolute Gasteiger partial charge is 0.165 e. The van der Waals surface area contributed by atoms with E-state index in [0.29, 0.717) is 5.75 Å². The Morgan fingerprint density at radius 2 is 2.00 bits per heavy atom. The Hall–Kier alpha value is -1.05. The molecule has 0 heterocycles. The van der Waals surface area contributed by atoms with E-state index in [0.717, 1.165) is 18.8 Å². The maximum atomic E-state index is 13.1. The zero-order chi connectivity index (χ0) is 9.26. The molecule has 0 aromatic heterocycles. The summed E-state index contributed by atoms with van der Waals surface area (Å²) in [6, 6.07) is 6.57. The Balaban J connectivity index is 1.98. The molecule has 1 nitrogen and oxygen atoms in total. The number of hydrogen-bond donors (Lipinski definition) is 0. The normalized spacial score (nSPS) is 26.6. The van der Waals surface area contributed by atoms with E-state index < -0.39 is 0 Å². The van der Waals surface area contributed by atoms with Crippen molar-refractivity contribution in [1.29, 1.82) is 0 Å². The average Bonchev–Trinajstić information content (AvgIpc) is 2.06. The molecule has 1 saturated carbocycles. The number of hydrogen-bond acceptors (Lipinski definition) is 1. The molecular weight excluding hydrogens is 167 g/mol. The summed E-state index contributed by atoms with van der Waals surface area (Å²) in [6.07, 6.45) is 2.33. The van der Waals surface area contributed by atoms with E-state index in [-0.39, 0.29) is 11.9 Å². The van der Waals surface area contributed by atoms with E-state index in [1.54, 1.807) is 18.2 Å². The van der Waals surface area contributed by atoms with E-state index in [9.17, 15) is 4.39 Å². The fourth-order valence-electron chi connectivity index (χ4n) is 1.64. The Morgan fingerprint density at radius 1 is 1.31 bits per heavy atom. The minimum Gasteiger partial charge on any atom is -0.487 e. The standard InChI is InChI=1S/C11H13FO/c1-8-6-9(7-8)13-11-5-3-2-4-10(11)12/h2-5,8-9H,6-7H2,1H3/t8-,9+. The van der Waals surface area contributed by atoms with Gasteiger partial charge in [0.1, 0.15) is 0 Å². The molecule has 0 radical (unpaired) electrons. The molecule has 1 aliphatic rings. The molecule has 2 rings (SSSR count). The monoisotopic (exact) mass is 180 g/mol. The first kappa shape index (κ1) is 8.54. The Kier molecular flexibility index (Phi) is 2.21. The van der Waals surface area contributed by atoms with Crippen LogP contribution in [0.1, 0.15) is 19.8 Å². The molecule has 0 unspecified atom stereocenters. The van der Waals surface area contributed by atoms with Crippen LogP contribution in [0, 0.1) is 11.7 Å². The number of halogens is 1. The summed E-state index contributed by atoms with van der Waals surface area (Å²) in [5, 5.41) is 0. The number of para-hydroxylation sites is 1. The largest absolute Gasteiger partial charge is 0.487 e. The van der Waals surface area contributed by atoms with Gasteiger partial charge in [-0.05, 0) is 30.9 Å². The molecule has 13 heavy (non-hydrogen) atoms. The van der Waals surface area contributed by atoms with Crippen LogP contribution in [0.15, 0.2) is 24.3 Å². The highest BCUT2D eigenvalue weighted by Gasteiger charge is 2.27. The van der Waals surface area contributed by atoms with Crippen LogP contribution >= 0.6 is 0 Å². The van der Waals surface area contributed by atoms with Crippen LogP contribution in [0.4, 0.5) is 4.39 Å². The highest BCUT2D eigenvalue weighted by Crippen LogP contribution is 2.31. The summed E-state index contributed by atoms with van der Waals surface area (Å²) in [5.41, 5.74) is 0. The minimum absolute atomic E-state index is 0.229. The van der Waals surface area contributed by atoms with E-state index in [2.05, 4.69) is 6.92 Å². The number of benzene rings is 1. The first-order valence-electron chi connectivity index (χ1n) is 4.67. The van der Waals surface area contributed by atoms with Crippen LogP contribution < -0.4 is 4.74 Å². The third-order valence-electron chi connectivity index (χ3n) is 2.46. The van der Waals surface area contributed by atoms with Crippen molar-refractivity contribution in [2.24, 2.45) is 5.92 Å². The summed E-state index contributed by atoms with van der Waals surface area (Å²) in [6.45, 7) is 2.18. The van der Waals surface area contributed by atoms with Crippen molar-refractivity contribution in [3.63, 3.8) is 0 Å². The van der Waals surface area contributed by atoms with Crippen LogP contribution in [0.2, 0.25) is 0 Å². The SMILES string of the molecule is C[C@H]1C[C@@H](Oc2ccccc2F)C1. The maximum absolute atomic E-state index is 13.1. The van der Waals surface area contributed by atoms with Crippen molar-refractivity contribution in [2.75, 3.05) is 0 Å². The predicted octanol–water partition coefficient (Wildman–Crippen LogP) is 3.00. The van der Waals surface area contributed by atoms with Crippen molar-refractivity contribution >= 4 is 0 Å². The van der Waals surface area contributed by atoms with Crippen LogP contribution in [0.5, 0.6) is 5.75 Å². The predicted molar refractivity (Wildman–Crippen MR) is 49.2 cm³/mol. The van der Waals surface area contributed by atoms with Gasteiger partial charge in [0.2, 0.25) is 0 Å². The molecule has 0 aliphatic heterocycles. The summed E-state index contributed by atoms with van der Waals surface area (Å²) >= 11 is 0. The highest BCUT2D eigenvalue weighted by molar-refractivity contribution is 5.24. The Labute approximate surface area is 77.5 Å². The Bertz CT molecular complexity index is 292. The van der Waals surface area contributed by atoms with Gasteiger partial charge in [-0.15, -0.1) is 0 Å². The Morgan fingerprint density at radius 3 is 2.62 bits per heavy atom. The summed E-state index contributed by atoms with van der Waals surface area (Å²) in [4.78, 5) is 0. The molecule has 70 valence electrons. The van der Waals surface area contributed by atoms with Gasteiger partial charge in [-0.25, -0.2) is 4.39 Å². The molecule has 2 heteroatoms. The summed E-state index contributed by atoms with van der Waals surface area (Å²) < 4.78 is 18.6. The zero-order valence-corrected chi connectivity index (χ0v) is 7.66. The fraction of sp³-hybridized carbons (Fsp3) is 0.455. The first-order valence-corrected chi connectivity index (χ1v) is 4.67. The lowest BCUT2D eigenvalue weighted by molar-refractivity contribution is 0.0700. The first-order chi connectivity index (χ1) is 6.25. The van der Waals surface area contributed by atoms with E-state index in [4.69, 9.17) is 4.74 Å². The van der Waals surface area contributed by atoms with Crippen LogP contribution in [0.25, 0.3) is 0 Å². The lowest BCUT2D eigenvalue weighted by Gasteiger charge is -2.32. The third-order valence-corrected chi connectivity index (χ3v) is 2.46. The van der Waals surface area contributed by atoms with Crippen LogP contribution in [0.3, 0.4) is 0 Å². The average molecular weight is 180 g/mol. The second kappa shape index (κ2) is 3.36. The second-order valence-electron chi connectivity index (χ2n) is 3.75. The van der Waals surface area contributed by atoms with Gasteiger partial charge in [-0.2, -0.15) is 0 Å². The van der Waals surface area contributed by atoms with Gasteiger partial charge in [0.25, 0.3) is 0 Å². The highest BCUT2D eigenvalue weighted by atomic mass is 19.1. The quantitative estimate of drug-likeness (QED) is 0.679. The van der Waals surface area contributed by atoms with E-state index in [1.165, 1.54) is 6.07 Å². The molecule has 1 aromatic rings. The molecule has 0 atom stereocenters. The van der Waals surface area contributed by atoms with E-state index >= 15 is 0 Å². The summed E-state index contributed by atoms with van der Waals surface area (Å²) in [7, 11) is 0. The molecule has 0 amide bonds. The van der Waals surface area contributed by atoms with Crippen LogP contribution in [-0.4, -0.2) is 6.10 Å². The molecule has 0 bridgehead atoms. The van der Waals surface area contributed by atoms with Gasteiger partial charge < -0.3 is 4.74 Å². The topological polar surface area (TPSA) is 9.23 Å². The summed E-state index contributed by atoms with van der Waals surface area (Å²) in [5.74, 6) is 0.859. The molecule has 1 aromatic carbocycles. The lowest BCUT2D eigenvalue weighted by atomic mass is 9.84. The van der Waals surface area contributed by atoms with E-state index in [1.807, 2.05) is 0 Å². The zero-order valence-electron chi connectivity index (χ0n) is 7.66. The molecule has 0 spiro atoms. The van der Waals surface area contributed by atoms with Crippen molar-refractivity contribution < 1.29 is 9.13 Å². The minimum atomic E-state index is -0.262.